The van der Waals surface area contributed by atoms with Crippen LogP contribution in [0.25, 0.3) is 11.5 Å². The molecule has 6 nitrogen and oxygen atoms in total. The van der Waals surface area contributed by atoms with Crippen molar-refractivity contribution in [1.29, 1.82) is 0 Å². The van der Waals surface area contributed by atoms with Gasteiger partial charge in [0.2, 0.25) is 5.75 Å². The summed E-state index contributed by atoms with van der Waals surface area (Å²) in [5.41, 5.74) is -0.0757. The Balaban J connectivity index is 2.57. The van der Waals surface area contributed by atoms with Crippen LogP contribution in [0.1, 0.15) is 0 Å². The summed E-state index contributed by atoms with van der Waals surface area (Å²) in [5.74, 6) is -0.463. The SMILES string of the molecule is COc1c(O)nc(-c2ccccn2)[nH]c1=O. The number of hydrogen-bond acceptors (Lipinski definition) is 5. The highest BCUT2D eigenvalue weighted by Gasteiger charge is 2.12. The molecule has 2 aromatic heterocycles. The van der Waals surface area contributed by atoms with Crippen molar-refractivity contribution in [2.24, 2.45) is 0 Å². The van der Waals surface area contributed by atoms with Crippen LogP contribution < -0.4 is 10.3 Å². The summed E-state index contributed by atoms with van der Waals surface area (Å²) < 4.78 is 4.69. The molecule has 0 saturated heterocycles. The number of H-pyrrole nitrogens is 1. The lowest BCUT2D eigenvalue weighted by Crippen LogP contribution is -2.12. The number of nitrogens with zero attached hydrogens (tertiary/aromatic N) is 2. The fraction of sp³-hybridized carbons (Fsp3) is 0.100. The number of rotatable bonds is 2. The number of aromatic nitrogens is 3. The molecule has 0 aromatic carbocycles. The molecule has 2 N–H and O–H groups in total. The topological polar surface area (TPSA) is 88.1 Å². The molecule has 2 heterocycles. The summed E-state index contributed by atoms with van der Waals surface area (Å²) in [7, 11) is 1.28. The Morgan fingerprint density at radius 1 is 1.44 bits per heavy atom. The van der Waals surface area contributed by atoms with Gasteiger partial charge in [0.05, 0.1) is 7.11 Å². The molecule has 0 fully saturated rings. The van der Waals surface area contributed by atoms with Crippen LogP contribution in [0, 0.1) is 0 Å². The smallest absolute Gasteiger partial charge is 0.297 e. The van der Waals surface area contributed by atoms with E-state index in [0.717, 1.165) is 0 Å². The molecule has 0 aliphatic carbocycles. The van der Waals surface area contributed by atoms with Gasteiger partial charge in [-0.05, 0) is 12.1 Å². The number of pyridine rings is 1. The summed E-state index contributed by atoms with van der Waals surface area (Å²) in [6.07, 6.45) is 1.57. The zero-order valence-corrected chi connectivity index (χ0v) is 8.47. The second-order valence-electron chi connectivity index (χ2n) is 2.99. The van der Waals surface area contributed by atoms with Crippen LogP contribution in [0.5, 0.6) is 11.6 Å². The summed E-state index contributed by atoms with van der Waals surface area (Å²) in [5, 5.41) is 9.45. The Labute approximate surface area is 90.6 Å². The fourth-order valence-corrected chi connectivity index (χ4v) is 1.26. The molecule has 0 unspecified atom stereocenters. The molecule has 0 bridgehead atoms. The average Bonchev–Trinajstić information content (AvgIpc) is 2.30. The van der Waals surface area contributed by atoms with Crippen molar-refractivity contribution in [1.82, 2.24) is 15.0 Å². The minimum atomic E-state index is -0.546. The predicted octanol–water partition coefficient (Wildman–Crippen LogP) is 0.546. The summed E-state index contributed by atoms with van der Waals surface area (Å²) >= 11 is 0. The van der Waals surface area contributed by atoms with Crippen LogP contribution in [-0.4, -0.2) is 27.2 Å². The van der Waals surface area contributed by atoms with Crippen molar-refractivity contribution in [2.75, 3.05) is 7.11 Å². The van der Waals surface area contributed by atoms with Crippen molar-refractivity contribution in [3.63, 3.8) is 0 Å². The van der Waals surface area contributed by atoms with Gasteiger partial charge in [-0.15, -0.1) is 0 Å². The number of hydrogen-bond donors (Lipinski definition) is 2. The minimum absolute atomic E-state index is 0.198. The van der Waals surface area contributed by atoms with Crippen LogP contribution in [-0.2, 0) is 0 Å². The van der Waals surface area contributed by atoms with Gasteiger partial charge in [-0.1, -0.05) is 6.07 Å². The second kappa shape index (κ2) is 4.01. The number of aromatic amines is 1. The summed E-state index contributed by atoms with van der Waals surface area (Å²) in [6.45, 7) is 0. The number of nitrogens with one attached hydrogen (secondary N) is 1. The quantitative estimate of drug-likeness (QED) is 0.769. The first kappa shape index (κ1) is 10.2. The van der Waals surface area contributed by atoms with Crippen molar-refractivity contribution >= 4 is 0 Å². The van der Waals surface area contributed by atoms with Gasteiger partial charge in [-0.3, -0.25) is 9.78 Å². The normalized spacial score (nSPS) is 10.1. The van der Waals surface area contributed by atoms with Crippen molar-refractivity contribution in [2.45, 2.75) is 0 Å². The fourth-order valence-electron chi connectivity index (χ4n) is 1.26. The van der Waals surface area contributed by atoms with Gasteiger partial charge in [-0.2, -0.15) is 4.98 Å². The molecular weight excluding hydrogens is 210 g/mol. The second-order valence-corrected chi connectivity index (χ2v) is 2.99. The first-order chi connectivity index (χ1) is 7.72. The monoisotopic (exact) mass is 219 g/mol. The maximum atomic E-state index is 11.5. The van der Waals surface area contributed by atoms with E-state index in [1.807, 2.05) is 0 Å². The third kappa shape index (κ3) is 1.72. The predicted molar refractivity (Wildman–Crippen MR) is 56.3 cm³/mol. The molecular formula is C10H9N3O3. The Morgan fingerprint density at radius 3 is 2.81 bits per heavy atom. The minimum Gasteiger partial charge on any atom is -0.490 e. The maximum absolute atomic E-state index is 11.5. The molecule has 0 saturated carbocycles. The average molecular weight is 219 g/mol. The highest BCUT2D eigenvalue weighted by Crippen LogP contribution is 2.19. The van der Waals surface area contributed by atoms with Crippen molar-refractivity contribution < 1.29 is 9.84 Å². The third-order valence-electron chi connectivity index (χ3n) is 1.97. The third-order valence-corrected chi connectivity index (χ3v) is 1.97. The first-order valence-electron chi connectivity index (χ1n) is 4.51. The molecule has 0 amide bonds. The van der Waals surface area contributed by atoms with Gasteiger partial charge < -0.3 is 14.8 Å². The van der Waals surface area contributed by atoms with Crippen molar-refractivity contribution in [3.8, 4) is 23.1 Å². The van der Waals surface area contributed by atoms with Gasteiger partial charge in [0, 0.05) is 6.20 Å². The van der Waals surface area contributed by atoms with E-state index in [0.29, 0.717) is 5.69 Å². The van der Waals surface area contributed by atoms with E-state index in [1.165, 1.54) is 7.11 Å². The molecule has 0 spiro atoms. The first-order valence-corrected chi connectivity index (χ1v) is 4.51. The molecule has 2 aromatic rings. The van der Waals surface area contributed by atoms with E-state index in [-0.39, 0.29) is 11.6 Å². The van der Waals surface area contributed by atoms with E-state index in [4.69, 9.17) is 0 Å². The lowest BCUT2D eigenvalue weighted by atomic mass is 10.3. The molecule has 6 heteroatoms. The van der Waals surface area contributed by atoms with Crippen LogP contribution in [0.4, 0.5) is 0 Å². The largest absolute Gasteiger partial charge is 0.490 e. The van der Waals surface area contributed by atoms with Gasteiger partial charge in [0.1, 0.15) is 5.69 Å². The van der Waals surface area contributed by atoms with Gasteiger partial charge in [0.25, 0.3) is 11.4 Å². The van der Waals surface area contributed by atoms with E-state index in [2.05, 4.69) is 19.7 Å². The van der Waals surface area contributed by atoms with Crippen LogP contribution >= 0.6 is 0 Å². The Hall–Kier alpha value is -2.37. The number of aromatic hydroxyl groups is 1. The Morgan fingerprint density at radius 2 is 2.25 bits per heavy atom. The molecule has 82 valence electrons. The van der Waals surface area contributed by atoms with E-state index < -0.39 is 11.4 Å². The van der Waals surface area contributed by atoms with Crippen LogP contribution in [0.15, 0.2) is 29.2 Å². The highest BCUT2D eigenvalue weighted by molar-refractivity contribution is 5.50. The highest BCUT2D eigenvalue weighted by atomic mass is 16.5. The van der Waals surface area contributed by atoms with E-state index in [1.54, 1.807) is 24.4 Å². The van der Waals surface area contributed by atoms with E-state index in [9.17, 15) is 9.90 Å². The lowest BCUT2D eigenvalue weighted by Gasteiger charge is -2.03. The number of ether oxygens (including phenoxy) is 1. The zero-order chi connectivity index (χ0) is 11.5. The Kier molecular flexibility index (Phi) is 2.55. The molecule has 0 radical (unpaired) electrons. The standard InChI is InChI=1S/C10H9N3O3/c1-16-7-9(14)12-8(13-10(7)15)6-4-2-3-5-11-6/h2-5H,1H3,(H2,12,13,14,15). The van der Waals surface area contributed by atoms with E-state index >= 15 is 0 Å². The van der Waals surface area contributed by atoms with Gasteiger partial charge >= 0.3 is 0 Å². The van der Waals surface area contributed by atoms with Gasteiger partial charge in [-0.25, -0.2) is 0 Å². The molecule has 0 atom stereocenters. The Bertz CT molecular complexity index is 551. The molecule has 0 aliphatic heterocycles. The van der Waals surface area contributed by atoms with Crippen LogP contribution in [0.3, 0.4) is 0 Å². The number of methoxy groups -OCH3 is 1. The maximum Gasteiger partial charge on any atom is 0.297 e. The summed E-state index contributed by atoms with van der Waals surface area (Å²) in [6, 6.07) is 5.17. The molecule has 0 aliphatic rings. The summed E-state index contributed by atoms with van der Waals surface area (Å²) in [4.78, 5) is 21.7. The zero-order valence-electron chi connectivity index (χ0n) is 8.47. The molecule has 16 heavy (non-hydrogen) atoms. The molecule has 2 rings (SSSR count). The lowest BCUT2D eigenvalue weighted by molar-refractivity contribution is 0.357. The van der Waals surface area contributed by atoms with Crippen molar-refractivity contribution in [3.05, 3.63) is 34.7 Å². The van der Waals surface area contributed by atoms with Crippen LogP contribution in [0.2, 0.25) is 0 Å². The van der Waals surface area contributed by atoms with Gasteiger partial charge in [0.15, 0.2) is 5.82 Å².